The SMILES string of the molecule is COc1ccccc1C(C)NC(=O)CN(c1cccc(SC)c1)S(C)(=O)=O. The highest BCUT2D eigenvalue weighted by atomic mass is 32.2. The van der Waals surface area contributed by atoms with E-state index in [0.29, 0.717) is 11.4 Å². The number of hydrogen-bond acceptors (Lipinski definition) is 5. The molecule has 1 amide bonds. The summed E-state index contributed by atoms with van der Waals surface area (Å²) in [5.41, 5.74) is 1.29. The van der Waals surface area contributed by atoms with Crippen LogP contribution in [0.25, 0.3) is 0 Å². The number of carbonyl (C=O) groups is 1. The Balaban J connectivity index is 2.19. The summed E-state index contributed by atoms with van der Waals surface area (Å²) >= 11 is 1.51. The van der Waals surface area contributed by atoms with E-state index in [0.717, 1.165) is 21.0 Å². The fourth-order valence-electron chi connectivity index (χ4n) is 2.69. The van der Waals surface area contributed by atoms with Crippen molar-refractivity contribution in [3.05, 3.63) is 54.1 Å². The third-order valence-corrected chi connectivity index (χ3v) is 5.88. The predicted molar refractivity (Wildman–Crippen MR) is 110 cm³/mol. The smallest absolute Gasteiger partial charge is 0.241 e. The number of benzene rings is 2. The number of rotatable bonds is 8. The van der Waals surface area contributed by atoms with Gasteiger partial charge in [-0.05, 0) is 37.4 Å². The van der Waals surface area contributed by atoms with Gasteiger partial charge in [-0.3, -0.25) is 9.10 Å². The molecule has 2 aromatic carbocycles. The fourth-order valence-corrected chi connectivity index (χ4v) is 3.99. The standard InChI is InChI=1S/C19H24N2O4S2/c1-14(17-10-5-6-11-18(17)25-2)20-19(22)13-21(27(4,23)24)15-8-7-9-16(12-15)26-3/h5-12,14H,13H2,1-4H3,(H,20,22). The number of carbonyl (C=O) groups excluding carboxylic acids is 1. The maximum absolute atomic E-state index is 12.5. The molecule has 8 heteroatoms. The van der Waals surface area contributed by atoms with Crippen molar-refractivity contribution in [2.24, 2.45) is 0 Å². The van der Waals surface area contributed by atoms with Crippen LogP contribution in [0, 0.1) is 0 Å². The van der Waals surface area contributed by atoms with Crippen LogP contribution >= 0.6 is 11.8 Å². The molecule has 0 aliphatic carbocycles. The zero-order chi connectivity index (χ0) is 20.0. The molecule has 0 saturated heterocycles. The Morgan fingerprint density at radius 1 is 1.22 bits per heavy atom. The van der Waals surface area contributed by atoms with Gasteiger partial charge in [-0.15, -0.1) is 11.8 Å². The second kappa shape index (κ2) is 9.14. The van der Waals surface area contributed by atoms with Gasteiger partial charge in [0.05, 0.1) is 25.1 Å². The molecule has 0 heterocycles. The number of nitrogens with one attached hydrogen (secondary N) is 1. The molecule has 0 radical (unpaired) electrons. The Morgan fingerprint density at radius 2 is 1.93 bits per heavy atom. The molecule has 2 aromatic rings. The second-order valence-electron chi connectivity index (χ2n) is 6.00. The van der Waals surface area contributed by atoms with Crippen LogP contribution in [0.2, 0.25) is 0 Å². The highest BCUT2D eigenvalue weighted by molar-refractivity contribution is 7.98. The summed E-state index contributed by atoms with van der Waals surface area (Å²) in [6, 6.07) is 14.1. The highest BCUT2D eigenvalue weighted by Gasteiger charge is 2.22. The van der Waals surface area contributed by atoms with E-state index < -0.39 is 15.9 Å². The van der Waals surface area contributed by atoms with Crippen molar-refractivity contribution >= 4 is 33.4 Å². The van der Waals surface area contributed by atoms with Gasteiger partial charge >= 0.3 is 0 Å². The average Bonchev–Trinajstić information content (AvgIpc) is 2.65. The summed E-state index contributed by atoms with van der Waals surface area (Å²) in [4.78, 5) is 13.5. The zero-order valence-electron chi connectivity index (χ0n) is 15.8. The number of sulfonamides is 1. The third kappa shape index (κ3) is 5.64. The Kier molecular flexibility index (Phi) is 7.15. The topological polar surface area (TPSA) is 75.7 Å². The molecule has 0 aliphatic heterocycles. The lowest BCUT2D eigenvalue weighted by Crippen LogP contribution is -2.41. The van der Waals surface area contributed by atoms with Crippen molar-refractivity contribution in [1.82, 2.24) is 5.32 Å². The molecule has 27 heavy (non-hydrogen) atoms. The Bertz CT molecular complexity index is 900. The van der Waals surface area contributed by atoms with E-state index in [1.807, 2.05) is 43.5 Å². The van der Waals surface area contributed by atoms with Gasteiger partial charge in [0.15, 0.2) is 0 Å². The molecule has 1 unspecified atom stereocenters. The number of hydrogen-bond donors (Lipinski definition) is 1. The van der Waals surface area contributed by atoms with E-state index in [1.165, 1.54) is 11.8 Å². The lowest BCUT2D eigenvalue weighted by Gasteiger charge is -2.24. The number of methoxy groups -OCH3 is 1. The predicted octanol–water partition coefficient (Wildman–Crippen LogP) is 3.06. The van der Waals surface area contributed by atoms with E-state index in [-0.39, 0.29) is 12.6 Å². The number of amides is 1. The maximum Gasteiger partial charge on any atom is 0.241 e. The summed E-state index contributed by atoms with van der Waals surface area (Å²) in [6.07, 6.45) is 3.00. The van der Waals surface area contributed by atoms with Gasteiger partial charge in [0.2, 0.25) is 15.9 Å². The number of ether oxygens (including phenoxy) is 1. The number of anilines is 1. The second-order valence-corrected chi connectivity index (χ2v) is 8.79. The molecule has 1 N–H and O–H groups in total. The zero-order valence-corrected chi connectivity index (χ0v) is 17.4. The molecule has 0 spiro atoms. The Morgan fingerprint density at radius 3 is 2.56 bits per heavy atom. The number of nitrogens with zero attached hydrogens (tertiary/aromatic N) is 1. The van der Waals surface area contributed by atoms with Gasteiger partial charge < -0.3 is 10.1 Å². The Hall–Kier alpha value is -2.19. The van der Waals surface area contributed by atoms with Gasteiger partial charge in [-0.2, -0.15) is 0 Å². The van der Waals surface area contributed by atoms with Crippen LogP contribution < -0.4 is 14.4 Å². The first-order chi connectivity index (χ1) is 12.8. The van der Waals surface area contributed by atoms with Crippen LogP contribution in [0.15, 0.2) is 53.4 Å². The monoisotopic (exact) mass is 408 g/mol. The van der Waals surface area contributed by atoms with E-state index in [9.17, 15) is 13.2 Å². The van der Waals surface area contributed by atoms with Gasteiger partial charge in [0.25, 0.3) is 0 Å². The molecule has 146 valence electrons. The van der Waals surface area contributed by atoms with Crippen molar-refractivity contribution < 1.29 is 17.9 Å². The quantitative estimate of drug-likeness (QED) is 0.680. The lowest BCUT2D eigenvalue weighted by molar-refractivity contribution is -0.120. The van der Waals surface area contributed by atoms with E-state index in [2.05, 4.69) is 5.32 Å². The van der Waals surface area contributed by atoms with E-state index in [4.69, 9.17) is 4.74 Å². The van der Waals surface area contributed by atoms with Crippen molar-refractivity contribution in [1.29, 1.82) is 0 Å². The summed E-state index contributed by atoms with van der Waals surface area (Å²) in [5.74, 6) is 0.270. The van der Waals surface area contributed by atoms with Gasteiger partial charge in [0.1, 0.15) is 12.3 Å². The first-order valence-corrected chi connectivity index (χ1v) is 11.4. The fraction of sp³-hybridized carbons (Fsp3) is 0.316. The normalized spacial score (nSPS) is 12.3. The average molecular weight is 409 g/mol. The molecular weight excluding hydrogens is 384 g/mol. The van der Waals surface area contributed by atoms with Crippen LogP contribution in [0.4, 0.5) is 5.69 Å². The molecule has 0 fully saturated rings. The molecule has 0 aliphatic rings. The summed E-state index contributed by atoms with van der Waals surface area (Å²) < 4.78 is 30.9. The van der Waals surface area contributed by atoms with Crippen LogP contribution in [-0.2, 0) is 14.8 Å². The van der Waals surface area contributed by atoms with Crippen molar-refractivity contribution in [2.45, 2.75) is 17.9 Å². The molecule has 2 rings (SSSR count). The molecule has 0 aromatic heterocycles. The van der Waals surface area contributed by atoms with Crippen molar-refractivity contribution in [3.63, 3.8) is 0 Å². The summed E-state index contributed by atoms with van der Waals surface area (Å²) in [6.45, 7) is 1.53. The van der Waals surface area contributed by atoms with Crippen LogP contribution in [0.5, 0.6) is 5.75 Å². The summed E-state index contributed by atoms with van der Waals surface area (Å²) in [7, 11) is -2.05. The lowest BCUT2D eigenvalue weighted by atomic mass is 10.1. The molecule has 0 bridgehead atoms. The highest BCUT2D eigenvalue weighted by Crippen LogP contribution is 2.26. The largest absolute Gasteiger partial charge is 0.496 e. The van der Waals surface area contributed by atoms with Crippen LogP contribution in [0.1, 0.15) is 18.5 Å². The van der Waals surface area contributed by atoms with Gasteiger partial charge in [0, 0.05) is 10.5 Å². The number of thioether (sulfide) groups is 1. The third-order valence-electron chi connectivity index (χ3n) is 4.01. The van der Waals surface area contributed by atoms with Crippen molar-refractivity contribution in [3.8, 4) is 5.75 Å². The first kappa shape index (κ1) is 21.1. The summed E-state index contributed by atoms with van der Waals surface area (Å²) in [5, 5.41) is 2.84. The van der Waals surface area contributed by atoms with Crippen LogP contribution in [0.3, 0.4) is 0 Å². The minimum Gasteiger partial charge on any atom is -0.496 e. The minimum absolute atomic E-state index is 0.295. The van der Waals surface area contributed by atoms with E-state index >= 15 is 0 Å². The molecular formula is C19H24N2O4S2. The first-order valence-electron chi connectivity index (χ1n) is 8.30. The van der Waals surface area contributed by atoms with Gasteiger partial charge in [-0.25, -0.2) is 8.42 Å². The number of para-hydroxylation sites is 1. The minimum atomic E-state index is -3.61. The maximum atomic E-state index is 12.5. The molecule has 6 nitrogen and oxygen atoms in total. The molecule has 0 saturated carbocycles. The van der Waals surface area contributed by atoms with Gasteiger partial charge in [-0.1, -0.05) is 24.3 Å². The van der Waals surface area contributed by atoms with Crippen LogP contribution in [-0.4, -0.2) is 40.5 Å². The van der Waals surface area contributed by atoms with Crippen molar-refractivity contribution in [2.75, 3.05) is 30.5 Å². The Labute approximate surface area is 165 Å². The van der Waals surface area contributed by atoms with E-state index in [1.54, 1.807) is 25.3 Å². The molecule has 1 atom stereocenters.